The van der Waals surface area contributed by atoms with Gasteiger partial charge in [-0.1, -0.05) is 75.3 Å². The molecule has 0 fully saturated rings. The van der Waals surface area contributed by atoms with Gasteiger partial charge >= 0.3 is 0 Å². The van der Waals surface area contributed by atoms with Crippen LogP contribution < -0.4 is 15.2 Å². The van der Waals surface area contributed by atoms with Crippen LogP contribution in [0.15, 0.2) is 128 Å². The Morgan fingerprint density at radius 1 is 0.848 bits per heavy atom. The lowest BCUT2D eigenvalue weighted by Crippen LogP contribution is -2.25. The number of benzene rings is 3. The van der Waals surface area contributed by atoms with Crippen molar-refractivity contribution in [2.24, 2.45) is 5.73 Å². The highest BCUT2D eigenvalue weighted by atomic mass is 28.3. The normalized spacial score (nSPS) is 11.5. The third kappa shape index (κ3) is 10.7. The molecule has 0 amide bonds. The van der Waals surface area contributed by atoms with Crippen LogP contribution in [0.4, 0.5) is 0 Å². The van der Waals surface area contributed by atoms with Gasteiger partial charge in [0.15, 0.2) is 0 Å². The zero-order valence-electron chi connectivity index (χ0n) is 27.4. The van der Waals surface area contributed by atoms with E-state index in [1.807, 2.05) is 102 Å². The van der Waals surface area contributed by atoms with E-state index in [0.717, 1.165) is 45.5 Å². The SMILES string of the molecule is C=C(OCc1ccccc1)/C(N)=C/N(COCC[Si](C)(C)C)C(=C)c1ccc(-c2ccc(OCc3ccc(OC)cc3)cc2)nc1. The zero-order chi connectivity index (χ0) is 32.9. The minimum atomic E-state index is -1.24. The van der Waals surface area contributed by atoms with Crippen molar-refractivity contribution < 1.29 is 18.9 Å². The van der Waals surface area contributed by atoms with Crippen LogP contribution in [0, 0.1) is 0 Å². The number of aromatic nitrogens is 1. The summed E-state index contributed by atoms with van der Waals surface area (Å²) in [6, 6.07) is 30.7. The number of rotatable bonds is 17. The molecule has 0 saturated heterocycles. The molecule has 1 heterocycles. The van der Waals surface area contributed by atoms with E-state index >= 15 is 0 Å². The lowest BCUT2D eigenvalue weighted by Gasteiger charge is -2.25. The maximum Gasteiger partial charge on any atom is 0.137 e. The minimum Gasteiger partial charge on any atom is -0.497 e. The van der Waals surface area contributed by atoms with E-state index in [0.29, 0.717) is 37.0 Å². The van der Waals surface area contributed by atoms with Crippen molar-refractivity contribution in [2.45, 2.75) is 38.9 Å². The number of hydrogen-bond acceptors (Lipinski definition) is 7. The number of nitrogens with two attached hydrogens (primary N) is 1. The van der Waals surface area contributed by atoms with Crippen molar-refractivity contribution in [1.29, 1.82) is 0 Å². The number of ether oxygens (including phenoxy) is 4. The molecule has 4 rings (SSSR count). The van der Waals surface area contributed by atoms with Gasteiger partial charge in [-0.15, -0.1) is 0 Å². The van der Waals surface area contributed by atoms with Crippen molar-refractivity contribution in [3.63, 3.8) is 0 Å². The van der Waals surface area contributed by atoms with E-state index in [-0.39, 0.29) is 6.73 Å². The molecule has 0 aliphatic rings. The molecule has 0 radical (unpaired) electrons. The van der Waals surface area contributed by atoms with Crippen molar-refractivity contribution in [1.82, 2.24) is 9.88 Å². The van der Waals surface area contributed by atoms with Crippen molar-refractivity contribution in [2.75, 3.05) is 20.4 Å². The molecule has 0 spiro atoms. The number of hydrogen-bond donors (Lipinski definition) is 1. The van der Waals surface area contributed by atoms with E-state index in [2.05, 4.69) is 32.8 Å². The topological polar surface area (TPSA) is 79.1 Å². The molecular weight excluding hydrogens is 591 g/mol. The van der Waals surface area contributed by atoms with Crippen LogP contribution in [-0.4, -0.2) is 38.4 Å². The van der Waals surface area contributed by atoms with Crippen molar-refractivity contribution in [3.8, 4) is 22.8 Å². The van der Waals surface area contributed by atoms with Gasteiger partial charge in [-0.2, -0.15) is 0 Å². The Morgan fingerprint density at radius 2 is 1.52 bits per heavy atom. The Hall–Kier alpha value is -4.79. The van der Waals surface area contributed by atoms with Crippen LogP contribution in [0.3, 0.4) is 0 Å². The summed E-state index contributed by atoms with van der Waals surface area (Å²) in [5.41, 5.74) is 12.3. The summed E-state index contributed by atoms with van der Waals surface area (Å²) in [5, 5.41) is 0. The molecule has 0 bridgehead atoms. The van der Waals surface area contributed by atoms with E-state index in [1.54, 1.807) is 13.3 Å². The maximum absolute atomic E-state index is 6.42. The Kier molecular flexibility index (Phi) is 12.2. The number of methoxy groups -OCH3 is 1. The third-order valence-electron chi connectivity index (χ3n) is 7.26. The highest BCUT2D eigenvalue weighted by Gasteiger charge is 2.15. The summed E-state index contributed by atoms with van der Waals surface area (Å²) in [4.78, 5) is 6.61. The fourth-order valence-corrected chi connectivity index (χ4v) is 5.07. The van der Waals surface area contributed by atoms with Gasteiger partial charge in [0.1, 0.15) is 37.2 Å². The number of nitrogens with zero attached hydrogens (tertiary/aromatic N) is 2. The quantitative estimate of drug-likeness (QED) is 0.0410. The van der Waals surface area contributed by atoms with Gasteiger partial charge in [-0.3, -0.25) is 4.98 Å². The highest BCUT2D eigenvalue weighted by Crippen LogP contribution is 2.25. The van der Waals surface area contributed by atoms with E-state index in [1.165, 1.54) is 0 Å². The summed E-state index contributed by atoms with van der Waals surface area (Å²) in [7, 11) is 0.415. The molecule has 0 aliphatic carbocycles. The Bertz CT molecular complexity index is 1580. The van der Waals surface area contributed by atoms with Crippen LogP contribution in [-0.2, 0) is 22.7 Å². The predicted octanol–water partition coefficient (Wildman–Crippen LogP) is 8.45. The largest absolute Gasteiger partial charge is 0.497 e. The van der Waals surface area contributed by atoms with Gasteiger partial charge < -0.3 is 29.6 Å². The molecule has 0 unspecified atom stereocenters. The van der Waals surface area contributed by atoms with Crippen molar-refractivity contribution in [3.05, 3.63) is 145 Å². The van der Waals surface area contributed by atoms with Gasteiger partial charge in [-0.25, -0.2) is 0 Å². The Balaban J connectivity index is 1.40. The van der Waals surface area contributed by atoms with Crippen LogP contribution in [0.2, 0.25) is 25.7 Å². The lowest BCUT2D eigenvalue weighted by atomic mass is 10.1. The smallest absolute Gasteiger partial charge is 0.137 e. The fraction of sp³-hybridized carbons (Fsp3) is 0.237. The van der Waals surface area contributed by atoms with Gasteiger partial charge in [0.25, 0.3) is 0 Å². The molecule has 0 atom stereocenters. The molecule has 1 aromatic heterocycles. The van der Waals surface area contributed by atoms with Crippen LogP contribution in [0.5, 0.6) is 11.5 Å². The summed E-state index contributed by atoms with van der Waals surface area (Å²) in [5.74, 6) is 1.99. The standard InChI is InChI=1S/C38H45N3O4Si/c1-29(41(28-43-22-23-46(4,5)6)25-37(39)30(2)44-26-31-10-8-7-9-11-31)34-16-21-38(40-24-34)33-14-19-36(20-15-33)45-27-32-12-17-35(42-3)18-13-32/h7-21,24-25H,1-2,22-23,26-28,39H2,3-6H3/b37-25-. The Labute approximate surface area is 274 Å². The molecule has 8 heteroatoms. The first-order chi connectivity index (χ1) is 22.1. The van der Waals surface area contributed by atoms with Gasteiger partial charge in [0.2, 0.25) is 0 Å². The monoisotopic (exact) mass is 635 g/mol. The lowest BCUT2D eigenvalue weighted by molar-refractivity contribution is 0.0885. The predicted molar refractivity (Wildman–Crippen MR) is 189 cm³/mol. The second-order valence-corrected chi connectivity index (χ2v) is 17.8. The average Bonchev–Trinajstić information content (AvgIpc) is 3.07. The second kappa shape index (κ2) is 16.5. The van der Waals surface area contributed by atoms with Crippen molar-refractivity contribution >= 4 is 13.8 Å². The summed E-state index contributed by atoms with van der Waals surface area (Å²) < 4.78 is 23.1. The first-order valence-electron chi connectivity index (χ1n) is 15.3. The first kappa shape index (κ1) is 34.1. The van der Waals surface area contributed by atoms with E-state index < -0.39 is 8.07 Å². The number of pyridine rings is 1. The molecule has 240 valence electrons. The highest BCUT2D eigenvalue weighted by molar-refractivity contribution is 6.76. The van der Waals surface area contributed by atoms with E-state index in [4.69, 9.17) is 29.7 Å². The van der Waals surface area contributed by atoms with Crippen LogP contribution in [0.25, 0.3) is 17.0 Å². The average molecular weight is 636 g/mol. The fourth-order valence-electron chi connectivity index (χ4n) is 4.31. The van der Waals surface area contributed by atoms with Gasteiger partial charge in [0.05, 0.1) is 18.5 Å². The van der Waals surface area contributed by atoms with Crippen LogP contribution in [0.1, 0.15) is 16.7 Å². The molecule has 7 nitrogen and oxygen atoms in total. The van der Waals surface area contributed by atoms with Crippen LogP contribution >= 0.6 is 0 Å². The molecule has 46 heavy (non-hydrogen) atoms. The first-order valence-corrected chi connectivity index (χ1v) is 19.0. The minimum absolute atomic E-state index is 0.287. The summed E-state index contributed by atoms with van der Waals surface area (Å²) in [6.07, 6.45) is 3.58. The molecule has 4 aromatic rings. The maximum atomic E-state index is 6.42. The molecule has 0 saturated carbocycles. The molecule has 2 N–H and O–H groups in total. The second-order valence-electron chi connectivity index (χ2n) is 12.1. The third-order valence-corrected chi connectivity index (χ3v) is 8.96. The van der Waals surface area contributed by atoms with E-state index in [9.17, 15) is 0 Å². The van der Waals surface area contributed by atoms with Gasteiger partial charge in [-0.05, 0) is 65.7 Å². The molecule has 0 aliphatic heterocycles. The van der Waals surface area contributed by atoms with Gasteiger partial charge in [0, 0.05) is 43.9 Å². The molecular formula is C38H45N3O4Si. The molecule has 3 aromatic carbocycles. The summed E-state index contributed by atoms with van der Waals surface area (Å²) in [6.45, 7) is 17.2. The zero-order valence-corrected chi connectivity index (χ0v) is 28.4. The summed E-state index contributed by atoms with van der Waals surface area (Å²) >= 11 is 0. The Morgan fingerprint density at radius 3 is 2.15 bits per heavy atom.